The predicted octanol–water partition coefficient (Wildman–Crippen LogP) is 0.0183. The number of likely N-dealkylation sites (tertiary alicyclic amines) is 2. The molecule has 2 saturated heterocycles. The third-order valence-electron chi connectivity index (χ3n) is 5.55. The summed E-state index contributed by atoms with van der Waals surface area (Å²) in [7, 11) is 1.85. The minimum absolute atomic E-state index is 0.0164. The van der Waals surface area contributed by atoms with Crippen LogP contribution in [0.4, 0.5) is 0 Å². The molecule has 0 radical (unpaired) electrons. The number of aromatic nitrogens is 2. The highest BCUT2D eigenvalue weighted by molar-refractivity contribution is 5.78. The van der Waals surface area contributed by atoms with Crippen molar-refractivity contribution in [3.8, 4) is 0 Å². The van der Waals surface area contributed by atoms with E-state index in [4.69, 9.17) is 0 Å². The van der Waals surface area contributed by atoms with Crippen molar-refractivity contribution >= 4 is 11.9 Å². The monoisotopic (exact) mass is 348 g/mol. The molecule has 0 bridgehead atoms. The Bertz CT molecular complexity index is 736. The first-order valence-electron chi connectivity index (χ1n) is 8.55. The van der Waals surface area contributed by atoms with Gasteiger partial charge in [0.05, 0.1) is 6.42 Å². The van der Waals surface area contributed by atoms with Crippen LogP contribution >= 0.6 is 0 Å². The number of carbonyl (C=O) groups is 2. The van der Waals surface area contributed by atoms with E-state index in [-0.39, 0.29) is 23.3 Å². The molecule has 1 amide bonds. The number of nitrogens with one attached hydrogen (secondary N) is 1. The van der Waals surface area contributed by atoms with Gasteiger partial charge in [0.15, 0.2) is 0 Å². The normalized spacial score (nSPS) is 23.1. The molecule has 2 aliphatic heterocycles. The van der Waals surface area contributed by atoms with Gasteiger partial charge in [0, 0.05) is 31.4 Å². The van der Waals surface area contributed by atoms with E-state index in [9.17, 15) is 19.5 Å². The van der Waals surface area contributed by atoms with Crippen molar-refractivity contribution in [1.82, 2.24) is 19.8 Å². The van der Waals surface area contributed by atoms with Crippen molar-refractivity contribution in [2.75, 3.05) is 26.7 Å². The van der Waals surface area contributed by atoms with E-state index in [1.165, 1.54) is 6.20 Å². The van der Waals surface area contributed by atoms with Crippen LogP contribution in [0.3, 0.4) is 0 Å². The molecule has 8 heteroatoms. The molecule has 2 fully saturated rings. The molecule has 1 aromatic heterocycles. The molecular formula is C17H24N4O4. The summed E-state index contributed by atoms with van der Waals surface area (Å²) in [6.07, 6.45) is 3.75. The van der Waals surface area contributed by atoms with Crippen LogP contribution in [-0.2, 0) is 16.0 Å². The summed E-state index contributed by atoms with van der Waals surface area (Å²) in [4.78, 5) is 46.0. The van der Waals surface area contributed by atoms with E-state index in [0.29, 0.717) is 30.9 Å². The Hall–Kier alpha value is -2.22. The average Bonchev–Trinajstić information content (AvgIpc) is 2.87. The number of piperidine rings is 1. The Labute approximate surface area is 145 Å². The number of carboxylic acid groups (broad SMARTS) is 1. The van der Waals surface area contributed by atoms with Crippen LogP contribution in [0.25, 0.3) is 0 Å². The lowest BCUT2D eigenvalue weighted by Gasteiger charge is -2.39. The minimum Gasteiger partial charge on any atom is -0.480 e. The fraction of sp³-hybridized carbons (Fsp3) is 0.647. The molecule has 136 valence electrons. The van der Waals surface area contributed by atoms with Gasteiger partial charge >= 0.3 is 5.97 Å². The quantitative estimate of drug-likeness (QED) is 0.797. The summed E-state index contributed by atoms with van der Waals surface area (Å²) in [5, 5.41) is 9.30. The number of carbonyl (C=O) groups excluding carboxylic acids is 1. The molecule has 3 heterocycles. The molecule has 0 unspecified atom stereocenters. The van der Waals surface area contributed by atoms with Crippen molar-refractivity contribution in [3.63, 3.8) is 0 Å². The largest absolute Gasteiger partial charge is 0.480 e. The van der Waals surface area contributed by atoms with E-state index < -0.39 is 12.0 Å². The highest BCUT2D eigenvalue weighted by Gasteiger charge is 2.47. The molecule has 3 rings (SSSR count). The Balaban J connectivity index is 1.60. The Kier molecular flexibility index (Phi) is 4.64. The Morgan fingerprint density at radius 1 is 1.40 bits per heavy atom. The molecular weight excluding hydrogens is 324 g/mol. The van der Waals surface area contributed by atoms with Crippen LogP contribution in [0, 0.1) is 12.3 Å². The predicted molar refractivity (Wildman–Crippen MR) is 90.2 cm³/mol. The molecule has 1 aromatic rings. The van der Waals surface area contributed by atoms with Gasteiger partial charge in [-0.15, -0.1) is 0 Å². The summed E-state index contributed by atoms with van der Waals surface area (Å²) >= 11 is 0. The molecule has 1 atom stereocenters. The molecule has 0 aromatic carbocycles. The fourth-order valence-corrected chi connectivity index (χ4v) is 4.05. The second-order valence-corrected chi connectivity index (χ2v) is 7.35. The zero-order valence-corrected chi connectivity index (χ0v) is 14.6. The number of likely N-dealkylation sites (N-methyl/N-ethyl adjacent to an activating group) is 1. The lowest BCUT2D eigenvalue weighted by Crippen LogP contribution is -2.45. The Morgan fingerprint density at radius 3 is 2.64 bits per heavy atom. The summed E-state index contributed by atoms with van der Waals surface area (Å²) < 4.78 is 0. The second-order valence-electron chi connectivity index (χ2n) is 7.35. The van der Waals surface area contributed by atoms with Crippen molar-refractivity contribution < 1.29 is 14.7 Å². The van der Waals surface area contributed by atoms with Gasteiger partial charge in [-0.25, -0.2) is 4.98 Å². The van der Waals surface area contributed by atoms with Gasteiger partial charge in [-0.05, 0) is 38.6 Å². The zero-order chi connectivity index (χ0) is 18.2. The summed E-state index contributed by atoms with van der Waals surface area (Å²) in [6.45, 7) is 3.67. The van der Waals surface area contributed by atoms with Crippen LogP contribution in [-0.4, -0.2) is 69.5 Å². The lowest BCUT2D eigenvalue weighted by molar-refractivity contribution is -0.142. The SMILES string of the molecule is Cc1ncc(CC(=O)N2CCC3(CC2)C[C@@H](C(=O)O)N(C)C3)c(=O)[nH]1. The number of rotatable bonds is 3. The smallest absolute Gasteiger partial charge is 0.320 e. The number of nitrogens with zero attached hydrogens (tertiary/aromatic N) is 3. The summed E-state index contributed by atoms with van der Waals surface area (Å²) in [5.41, 5.74) is 0.0933. The maximum absolute atomic E-state index is 12.5. The van der Waals surface area contributed by atoms with Crippen molar-refractivity contribution in [2.24, 2.45) is 5.41 Å². The number of aliphatic carboxylic acids is 1. The van der Waals surface area contributed by atoms with E-state index in [1.54, 1.807) is 11.8 Å². The zero-order valence-electron chi connectivity index (χ0n) is 14.6. The fourth-order valence-electron chi connectivity index (χ4n) is 4.05. The molecule has 8 nitrogen and oxygen atoms in total. The number of H-pyrrole nitrogens is 1. The topological polar surface area (TPSA) is 107 Å². The first kappa shape index (κ1) is 17.6. The van der Waals surface area contributed by atoms with Crippen molar-refractivity contribution in [2.45, 2.75) is 38.6 Å². The molecule has 2 aliphatic rings. The highest BCUT2D eigenvalue weighted by atomic mass is 16.4. The van der Waals surface area contributed by atoms with Gasteiger partial charge in [-0.1, -0.05) is 0 Å². The van der Waals surface area contributed by atoms with E-state index in [2.05, 4.69) is 9.97 Å². The Morgan fingerprint density at radius 2 is 2.08 bits per heavy atom. The first-order chi connectivity index (χ1) is 11.8. The highest BCUT2D eigenvalue weighted by Crippen LogP contribution is 2.42. The molecule has 1 spiro atoms. The number of hydrogen-bond donors (Lipinski definition) is 2. The number of amides is 1. The standard InChI is InChI=1S/C17H24N4O4/c1-11-18-9-12(15(23)19-11)7-14(22)21-5-3-17(4-6-21)8-13(16(24)25)20(2)10-17/h9,13H,3-8,10H2,1-2H3,(H,24,25)(H,18,19,23)/t13-/m0/s1. The van der Waals surface area contributed by atoms with Crippen molar-refractivity contribution in [3.05, 3.63) is 27.9 Å². The van der Waals surface area contributed by atoms with Gasteiger partial charge in [-0.2, -0.15) is 0 Å². The van der Waals surface area contributed by atoms with Crippen LogP contribution < -0.4 is 5.56 Å². The van der Waals surface area contributed by atoms with Crippen LogP contribution in [0.1, 0.15) is 30.7 Å². The van der Waals surface area contributed by atoms with Crippen molar-refractivity contribution in [1.29, 1.82) is 0 Å². The summed E-state index contributed by atoms with van der Waals surface area (Å²) in [5.74, 6) is -0.324. The third-order valence-corrected chi connectivity index (χ3v) is 5.55. The minimum atomic E-state index is -0.774. The number of hydrogen-bond acceptors (Lipinski definition) is 5. The van der Waals surface area contributed by atoms with Crippen LogP contribution in [0.2, 0.25) is 0 Å². The molecule has 0 aliphatic carbocycles. The van der Waals surface area contributed by atoms with Gasteiger partial charge in [0.1, 0.15) is 11.9 Å². The van der Waals surface area contributed by atoms with E-state index in [1.807, 2.05) is 11.9 Å². The number of aryl methyl sites for hydroxylation is 1. The van der Waals surface area contributed by atoms with Crippen LogP contribution in [0.15, 0.2) is 11.0 Å². The first-order valence-corrected chi connectivity index (χ1v) is 8.55. The van der Waals surface area contributed by atoms with E-state index in [0.717, 1.165) is 19.4 Å². The average molecular weight is 348 g/mol. The summed E-state index contributed by atoms with van der Waals surface area (Å²) in [6, 6.07) is -0.431. The molecule has 0 saturated carbocycles. The maximum atomic E-state index is 12.5. The lowest BCUT2D eigenvalue weighted by atomic mass is 9.76. The number of carboxylic acids is 1. The van der Waals surface area contributed by atoms with Gasteiger partial charge in [0.25, 0.3) is 5.56 Å². The third kappa shape index (κ3) is 3.58. The van der Waals surface area contributed by atoms with Crippen LogP contribution in [0.5, 0.6) is 0 Å². The van der Waals surface area contributed by atoms with Gasteiger partial charge < -0.3 is 15.0 Å². The van der Waals surface area contributed by atoms with E-state index >= 15 is 0 Å². The van der Waals surface area contributed by atoms with Gasteiger partial charge in [0.2, 0.25) is 5.91 Å². The molecule has 2 N–H and O–H groups in total. The second kappa shape index (κ2) is 6.59. The number of aromatic amines is 1. The maximum Gasteiger partial charge on any atom is 0.320 e. The van der Waals surface area contributed by atoms with Gasteiger partial charge in [-0.3, -0.25) is 19.3 Å². The molecule has 25 heavy (non-hydrogen) atoms.